The number of methoxy groups -OCH3 is 1. The highest BCUT2D eigenvalue weighted by Gasteiger charge is 2.28. The molecule has 0 unspecified atom stereocenters. The molecule has 0 radical (unpaired) electrons. The monoisotopic (exact) mass is 377 g/mol. The van der Waals surface area contributed by atoms with Crippen molar-refractivity contribution in [2.75, 3.05) is 7.11 Å². The van der Waals surface area contributed by atoms with Crippen molar-refractivity contribution in [2.45, 2.75) is 39.2 Å². The number of aromatic hydroxyl groups is 1. The largest absolute Gasteiger partial charge is 0.507 e. The first-order valence-corrected chi connectivity index (χ1v) is 9.59. The lowest BCUT2D eigenvalue weighted by Gasteiger charge is -2.16. The molecule has 1 aliphatic carbocycles. The molecule has 4 heteroatoms. The van der Waals surface area contributed by atoms with E-state index in [1.165, 1.54) is 0 Å². The van der Waals surface area contributed by atoms with E-state index < -0.39 is 0 Å². The smallest absolute Gasteiger partial charge is 0.255 e. The van der Waals surface area contributed by atoms with Gasteiger partial charge in [-0.2, -0.15) is 0 Å². The molecule has 1 fully saturated rings. The summed E-state index contributed by atoms with van der Waals surface area (Å²) in [6.45, 7) is 4.00. The number of allylic oxidation sites excluding steroid dienone is 2. The number of carbonyl (C=O) groups excluding carboxylic acids is 1. The van der Waals surface area contributed by atoms with Gasteiger partial charge in [-0.05, 0) is 50.3 Å². The third kappa shape index (κ3) is 4.83. The van der Waals surface area contributed by atoms with Crippen LogP contribution < -0.4 is 10.1 Å². The Hall–Kier alpha value is -3.01. The first-order chi connectivity index (χ1) is 13.5. The first kappa shape index (κ1) is 19.7. The summed E-state index contributed by atoms with van der Waals surface area (Å²) in [5.74, 6) is 0.321. The summed E-state index contributed by atoms with van der Waals surface area (Å²) in [5, 5.41) is 14.0. The Bertz CT molecular complexity index is 905. The molecular formula is C24H27NO3. The number of phenols is 1. The topological polar surface area (TPSA) is 58.6 Å². The summed E-state index contributed by atoms with van der Waals surface area (Å²) in [4.78, 5) is 12.9. The normalized spacial score (nSPS) is 13.4. The van der Waals surface area contributed by atoms with Gasteiger partial charge in [0, 0.05) is 11.6 Å². The molecule has 146 valence electrons. The molecule has 0 atom stereocenters. The SMILES string of the molecule is COc1cc(/C=C/c2ccccc2)c(C(=O)NC2CC2)c(O)c1CC=C(C)C. The van der Waals surface area contributed by atoms with Gasteiger partial charge in [0.25, 0.3) is 5.91 Å². The van der Waals surface area contributed by atoms with Crippen LogP contribution in [0.3, 0.4) is 0 Å². The molecule has 1 amide bonds. The fourth-order valence-corrected chi connectivity index (χ4v) is 3.00. The van der Waals surface area contributed by atoms with Gasteiger partial charge in [0.2, 0.25) is 0 Å². The Kier molecular flexibility index (Phi) is 6.19. The number of hydrogen-bond acceptors (Lipinski definition) is 3. The molecule has 0 aliphatic heterocycles. The zero-order chi connectivity index (χ0) is 20.1. The third-order valence-electron chi connectivity index (χ3n) is 4.72. The molecule has 1 aliphatic rings. The molecular weight excluding hydrogens is 350 g/mol. The van der Waals surface area contributed by atoms with Crippen molar-refractivity contribution < 1.29 is 14.6 Å². The molecule has 0 aromatic heterocycles. The molecule has 0 spiro atoms. The number of rotatable bonds is 7. The van der Waals surface area contributed by atoms with Gasteiger partial charge >= 0.3 is 0 Å². The predicted molar refractivity (Wildman–Crippen MR) is 114 cm³/mol. The second-order valence-electron chi connectivity index (χ2n) is 7.35. The summed E-state index contributed by atoms with van der Waals surface area (Å²) in [6, 6.07) is 11.9. The van der Waals surface area contributed by atoms with Crippen LogP contribution in [0.1, 0.15) is 53.7 Å². The number of nitrogens with one attached hydrogen (secondary N) is 1. The van der Waals surface area contributed by atoms with E-state index in [1.54, 1.807) is 7.11 Å². The summed E-state index contributed by atoms with van der Waals surface area (Å²) in [6.07, 6.45) is 8.27. The first-order valence-electron chi connectivity index (χ1n) is 9.59. The molecule has 2 aromatic rings. The van der Waals surface area contributed by atoms with Gasteiger partial charge in [-0.15, -0.1) is 0 Å². The van der Waals surface area contributed by atoms with Crippen molar-refractivity contribution >= 4 is 18.1 Å². The highest BCUT2D eigenvalue weighted by Crippen LogP contribution is 2.36. The van der Waals surface area contributed by atoms with Gasteiger partial charge in [-0.25, -0.2) is 0 Å². The quantitative estimate of drug-likeness (QED) is 0.529. The fraction of sp³-hybridized carbons (Fsp3) is 0.292. The molecule has 3 rings (SSSR count). The maximum Gasteiger partial charge on any atom is 0.255 e. The van der Waals surface area contributed by atoms with Crippen LogP contribution in [0.5, 0.6) is 11.5 Å². The third-order valence-corrected chi connectivity index (χ3v) is 4.72. The van der Waals surface area contributed by atoms with Gasteiger partial charge < -0.3 is 15.2 Å². The average Bonchev–Trinajstić information content (AvgIpc) is 3.49. The number of benzene rings is 2. The molecule has 2 aromatic carbocycles. The van der Waals surface area contributed by atoms with Crippen molar-refractivity contribution in [3.05, 3.63) is 70.3 Å². The lowest BCUT2D eigenvalue weighted by atomic mass is 9.96. The second kappa shape index (κ2) is 8.79. The Morgan fingerprint density at radius 1 is 1.21 bits per heavy atom. The van der Waals surface area contributed by atoms with Crippen LogP contribution in [-0.4, -0.2) is 24.2 Å². The van der Waals surface area contributed by atoms with E-state index in [4.69, 9.17) is 4.74 Å². The molecule has 2 N–H and O–H groups in total. The van der Waals surface area contributed by atoms with Gasteiger partial charge in [-0.3, -0.25) is 4.79 Å². The molecule has 1 saturated carbocycles. The Morgan fingerprint density at radius 2 is 1.93 bits per heavy atom. The van der Waals surface area contributed by atoms with Gasteiger partial charge in [0.15, 0.2) is 0 Å². The van der Waals surface area contributed by atoms with Crippen molar-refractivity contribution in [3.63, 3.8) is 0 Å². The van der Waals surface area contributed by atoms with Crippen molar-refractivity contribution in [1.29, 1.82) is 0 Å². The van der Waals surface area contributed by atoms with Crippen LogP contribution in [0.15, 0.2) is 48.0 Å². The standard InChI is InChI=1S/C24H27NO3/c1-16(2)9-14-20-21(28-3)15-18(11-10-17-7-5-4-6-8-17)22(23(20)26)24(27)25-19-12-13-19/h4-11,15,19,26H,12-14H2,1-3H3,(H,25,27)/b11-10+. The van der Waals surface area contributed by atoms with Crippen LogP contribution in [0, 0.1) is 0 Å². The van der Waals surface area contributed by atoms with E-state index in [0.717, 1.165) is 24.0 Å². The van der Waals surface area contributed by atoms with E-state index in [0.29, 0.717) is 28.9 Å². The Labute approximate surface area is 166 Å². The van der Waals surface area contributed by atoms with E-state index in [9.17, 15) is 9.90 Å². The van der Waals surface area contributed by atoms with Crippen LogP contribution in [0.4, 0.5) is 0 Å². The van der Waals surface area contributed by atoms with Gasteiger partial charge in [0.1, 0.15) is 11.5 Å². The lowest BCUT2D eigenvalue weighted by molar-refractivity contribution is 0.0948. The zero-order valence-corrected chi connectivity index (χ0v) is 16.7. The number of amides is 1. The van der Waals surface area contributed by atoms with Gasteiger partial charge in [-0.1, -0.05) is 54.1 Å². The molecule has 0 bridgehead atoms. The summed E-state index contributed by atoms with van der Waals surface area (Å²) in [7, 11) is 1.58. The number of phenolic OH excluding ortho intramolecular Hbond substituents is 1. The highest BCUT2D eigenvalue weighted by molar-refractivity contribution is 6.02. The van der Waals surface area contributed by atoms with Crippen LogP contribution in [0.2, 0.25) is 0 Å². The van der Waals surface area contributed by atoms with E-state index in [-0.39, 0.29) is 17.7 Å². The number of carbonyl (C=O) groups is 1. The minimum Gasteiger partial charge on any atom is -0.507 e. The summed E-state index contributed by atoms with van der Waals surface area (Å²) < 4.78 is 5.52. The maximum absolute atomic E-state index is 12.9. The second-order valence-corrected chi connectivity index (χ2v) is 7.35. The summed E-state index contributed by atoms with van der Waals surface area (Å²) >= 11 is 0. The van der Waals surface area contributed by atoms with E-state index in [1.807, 2.05) is 68.5 Å². The zero-order valence-electron chi connectivity index (χ0n) is 16.7. The number of hydrogen-bond donors (Lipinski definition) is 2. The minimum absolute atomic E-state index is 0.0114. The molecule has 28 heavy (non-hydrogen) atoms. The highest BCUT2D eigenvalue weighted by atomic mass is 16.5. The summed E-state index contributed by atoms with van der Waals surface area (Å²) in [5.41, 5.74) is 3.72. The van der Waals surface area contributed by atoms with E-state index in [2.05, 4.69) is 5.32 Å². The van der Waals surface area contributed by atoms with Crippen molar-refractivity contribution in [2.24, 2.45) is 0 Å². The fourth-order valence-electron chi connectivity index (χ4n) is 3.00. The van der Waals surface area contributed by atoms with Crippen LogP contribution in [0.25, 0.3) is 12.2 Å². The maximum atomic E-state index is 12.9. The molecule has 4 nitrogen and oxygen atoms in total. The Balaban J connectivity index is 2.07. The van der Waals surface area contributed by atoms with Crippen LogP contribution >= 0.6 is 0 Å². The predicted octanol–water partition coefficient (Wildman–Crippen LogP) is 4.97. The molecule has 0 saturated heterocycles. The number of ether oxygens (including phenoxy) is 1. The van der Waals surface area contributed by atoms with Crippen molar-refractivity contribution in [1.82, 2.24) is 5.32 Å². The van der Waals surface area contributed by atoms with Crippen LogP contribution in [-0.2, 0) is 6.42 Å². The lowest BCUT2D eigenvalue weighted by Crippen LogP contribution is -2.26. The molecule has 0 heterocycles. The van der Waals surface area contributed by atoms with Crippen molar-refractivity contribution in [3.8, 4) is 11.5 Å². The average molecular weight is 377 g/mol. The minimum atomic E-state index is -0.242. The van der Waals surface area contributed by atoms with E-state index >= 15 is 0 Å². The van der Waals surface area contributed by atoms with Gasteiger partial charge in [0.05, 0.1) is 12.7 Å². The Morgan fingerprint density at radius 3 is 2.54 bits per heavy atom.